The van der Waals surface area contributed by atoms with E-state index in [1.165, 1.54) is 5.56 Å². The molecule has 63 heavy (non-hydrogen) atoms. The van der Waals surface area contributed by atoms with Crippen LogP contribution in [0.4, 0.5) is 23.0 Å². The number of fused-ring (bicyclic) bond motifs is 3. The monoisotopic (exact) mass is 844 g/mol. The van der Waals surface area contributed by atoms with Crippen molar-refractivity contribution in [2.45, 2.75) is 63.7 Å². The fourth-order valence-electron chi connectivity index (χ4n) is 9.86. The molecule has 0 radical (unpaired) electrons. The van der Waals surface area contributed by atoms with Crippen molar-refractivity contribution in [3.8, 4) is 11.3 Å². The zero-order chi connectivity index (χ0) is 43.2. The zero-order valence-corrected chi connectivity index (χ0v) is 35.0. The third kappa shape index (κ3) is 8.17. The lowest BCUT2D eigenvalue weighted by Crippen LogP contribution is -2.54. The van der Waals surface area contributed by atoms with E-state index in [-0.39, 0.29) is 24.7 Å². The predicted molar refractivity (Wildman–Crippen MR) is 236 cm³/mol. The van der Waals surface area contributed by atoms with E-state index < -0.39 is 23.8 Å². The first-order valence-electron chi connectivity index (χ1n) is 21.7. The summed E-state index contributed by atoms with van der Waals surface area (Å²) in [7, 11) is 0. The summed E-state index contributed by atoms with van der Waals surface area (Å²) in [5.41, 5.74) is 7.45. The molecule has 0 saturated carbocycles. The minimum absolute atomic E-state index is 0.0967. The molecule has 4 fully saturated rings. The quantitative estimate of drug-likeness (QED) is 0.145. The van der Waals surface area contributed by atoms with Crippen LogP contribution in [0.3, 0.4) is 0 Å². The first kappa shape index (κ1) is 40.2. The Balaban J connectivity index is 0.682. The second-order valence-electron chi connectivity index (χ2n) is 17.4. The van der Waals surface area contributed by atoms with Gasteiger partial charge in [-0.25, -0.2) is 9.97 Å². The van der Waals surface area contributed by atoms with Gasteiger partial charge in [0.25, 0.3) is 17.7 Å². The van der Waals surface area contributed by atoms with Crippen molar-refractivity contribution in [3.05, 3.63) is 125 Å². The normalized spacial score (nSPS) is 21.5. The Hall–Kier alpha value is -6.84. The topological polar surface area (TPSA) is 173 Å². The van der Waals surface area contributed by atoms with Crippen molar-refractivity contribution in [1.82, 2.24) is 35.0 Å². The van der Waals surface area contributed by atoms with Crippen LogP contribution >= 0.6 is 0 Å². The van der Waals surface area contributed by atoms with E-state index in [0.29, 0.717) is 46.3 Å². The standard InChI is InChI=1S/C48H48N10O5/c1-29-4-9-34(21-41(29)53-48-50-18-14-40(52-48)33-3-2-17-49-24-33)51-44(60)32-7-5-30(6-8-32)25-55-19-15-31(16-20-55)26-56-27-37-22-36(56)28-57(37)35-10-11-38-39(23-35)47(63)58(46(38)62)42-12-13-43(59)54-45(42)61/h2-11,14,17-18,21,23-24,31,36-37,42H,12-13,15-16,19-20,22,25-28H2,1H3,(H,51,60)(H,50,52,53)(H,54,59,61). The van der Waals surface area contributed by atoms with E-state index in [1.54, 1.807) is 24.7 Å². The van der Waals surface area contributed by atoms with Crippen LogP contribution in [-0.4, -0.2) is 110 Å². The molecule has 15 nitrogen and oxygen atoms in total. The SMILES string of the molecule is Cc1ccc(NC(=O)c2ccc(CN3CCC(CN4CC5CC4CN5c4ccc5c(c4)C(=O)N(C4CCC(=O)NC4=O)C5=O)CC3)cc2)cc1Nc1nccc(-c2cccnc2)n1. The third-order valence-electron chi connectivity index (χ3n) is 13.3. The molecule has 3 aromatic carbocycles. The Morgan fingerprint density at radius 3 is 2.44 bits per heavy atom. The highest BCUT2D eigenvalue weighted by molar-refractivity contribution is 6.23. The number of nitrogens with one attached hydrogen (secondary N) is 3. The molecule has 10 rings (SSSR count). The van der Waals surface area contributed by atoms with Gasteiger partial charge >= 0.3 is 0 Å². The number of aryl methyl sites for hydroxylation is 1. The van der Waals surface area contributed by atoms with Gasteiger partial charge in [-0.05, 0) is 123 Å². The summed E-state index contributed by atoms with van der Waals surface area (Å²) in [4.78, 5) is 85.9. The van der Waals surface area contributed by atoms with Gasteiger partial charge in [0.1, 0.15) is 6.04 Å². The number of carbonyl (C=O) groups excluding carboxylic acids is 5. The van der Waals surface area contributed by atoms with Crippen LogP contribution < -0.4 is 20.9 Å². The van der Waals surface area contributed by atoms with E-state index in [4.69, 9.17) is 0 Å². The van der Waals surface area contributed by atoms with Crippen LogP contribution in [0.5, 0.6) is 0 Å². The fraction of sp³-hybridized carbons (Fsp3) is 0.333. The molecule has 7 heterocycles. The molecule has 5 amide bonds. The lowest BCUT2D eigenvalue weighted by Gasteiger charge is -2.39. The van der Waals surface area contributed by atoms with Gasteiger partial charge in [0.2, 0.25) is 17.8 Å². The number of imide groups is 2. The molecule has 2 aromatic heterocycles. The molecule has 0 spiro atoms. The lowest BCUT2D eigenvalue weighted by molar-refractivity contribution is -0.136. The van der Waals surface area contributed by atoms with Crippen LogP contribution in [0.1, 0.15) is 74.3 Å². The Kier molecular flexibility index (Phi) is 10.7. The van der Waals surface area contributed by atoms with Gasteiger partial charge in [-0.15, -0.1) is 0 Å². The molecule has 3 atom stereocenters. The van der Waals surface area contributed by atoms with Gasteiger partial charge in [0, 0.05) is 91.5 Å². The number of anilines is 4. The summed E-state index contributed by atoms with van der Waals surface area (Å²) in [5, 5.41) is 8.60. The number of amides is 5. The summed E-state index contributed by atoms with van der Waals surface area (Å²) in [6, 6.07) is 24.5. The number of pyridine rings is 1. The minimum atomic E-state index is -0.968. The van der Waals surface area contributed by atoms with Gasteiger partial charge in [-0.2, -0.15) is 0 Å². The maximum absolute atomic E-state index is 13.4. The van der Waals surface area contributed by atoms with E-state index in [2.05, 4.69) is 45.6 Å². The number of likely N-dealkylation sites (tertiary alicyclic amines) is 2. The molecular weight excluding hydrogens is 797 g/mol. The molecule has 4 saturated heterocycles. The Morgan fingerprint density at radius 2 is 1.68 bits per heavy atom. The number of benzene rings is 3. The summed E-state index contributed by atoms with van der Waals surface area (Å²) in [6.07, 6.45) is 8.78. The molecule has 5 aliphatic rings. The minimum Gasteiger partial charge on any atom is -0.366 e. The third-order valence-corrected chi connectivity index (χ3v) is 13.3. The Labute approximate surface area is 364 Å². The molecule has 0 aliphatic carbocycles. The largest absolute Gasteiger partial charge is 0.366 e. The fourth-order valence-corrected chi connectivity index (χ4v) is 9.86. The van der Waals surface area contributed by atoms with Gasteiger partial charge < -0.3 is 15.5 Å². The van der Waals surface area contributed by atoms with E-state index in [0.717, 1.165) is 91.6 Å². The number of piperazine rings is 1. The Bertz CT molecular complexity index is 2610. The van der Waals surface area contributed by atoms with E-state index in [1.807, 2.05) is 79.7 Å². The Morgan fingerprint density at radius 1 is 0.857 bits per heavy atom. The number of hydrogen-bond donors (Lipinski definition) is 3. The maximum Gasteiger partial charge on any atom is 0.262 e. The predicted octanol–water partition coefficient (Wildman–Crippen LogP) is 5.42. The average molecular weight is 845 g/mol. The van der Waals surface area contributed by atoms with Crippen molar-refractivity contribution in [2.24, 2.45) is 5.92 Å². The molecule has 3 N–H and O–H groups in total. The van der Waals surface area contributed by atoms with Crippen molar-refractivity contribution in [2.75, 3.05) is 48.3 Å². The van der Waals surface area contributed by atoms with Crippen molar-refractivity contribution >= 4 is 52.5 Å². The van der Waals surface area contributed by atoms with Gasteiger partial charge in [0.15, 0.2) is 0 Å². The summed E-state index contributed by atoms with van der Waals surface area (Å²) >= 11 is 0. The van der Waals surface area contributed by atoms with Crippen LogP contribution in [0.25, 0.3) is 11.3 Å². The molecule has 3 unspecified atom stereocenters. The summed E-state index contributed by atoms with van der Waals surface area (Å²) in [5.74, 6) is -1.03. The number of piperidine rings is 2. The number of carbonyl (C=O) groups is 5. The number of rotatable bonds is 11. The zero-order valence-electron chi connectivity index (χ0n) is 35.0. The van der Waals surface area contributed by atoms with Gasteiger partial charge in [-0.1, -0.05) is 18.2 Å². The molecule has 2 bridgehead atoms. The molecule has 320 valence electrons. The number of aromatic nitrogens is 3. The average Bonchev–Trinajstić information content (AvgIpc) is 3.97. The van der Waals surface area contributed by atoms with E-state index in [9.17, 15) is 24.0 Å². The molecular formula is C48H48N10O5. The molecule has 5 aromatic rings. The second-order valence-corrected chi connectivity index (χ2v) is 17.4. The number of hydrogen-bond acceptors (Lipinski definition) is 12. The van der Waals surface area contributed by atoms with Crippen molar-refractivity contribution in [1.29, 1.82) is 0 Å². The highest BCUT2D eigenvalue weighted by atomic mass is 16.2. The summed E-state index contributed by atoms with van der Waals surface area (Å²) < 4.78 is 0. The van der Waals surface area contributed by atoms with Crippen LogP contribution in [0, 0.1) is 12.8 Å². The van der Waals surface area contributed by atoms with Gasteiger partial charge in [0.05, 0.1) is 16.8 Å². The second kappa shape index (κ2) is 16.8. The first-order chi connectivity index (χ1) is 30.6. The van der Waals surface area contributed by atoms with Gasteiger partial charge in [-0.3, -0.25) is 49.0 Å². The van der Waals surface area contributed by atoms with E-state index >= 15 is 0 Å². The highest BCUT2D eigenvalue weighted by Crippen LogP contribution is 2.38. The highest BCUT2D eigenvalue weighted by Gasteiger charge is 2.47. The molecule has 15 heteroatoms. The van der Waals surface area contributed by atoms with Crippen LogP contribution in [0.2, 0.25) is 0 Å². The van der Waals surface area contributed by atoms with Crippen molar-refractivity contribution in [3.63, 3.8) is 0 Å². The van der Waals surface area contributed by atoms with Crippen LogP contribution in [-0.2, 0) is 16.1 Å². The number of nitrogens with zero attached hydrogens (tertiary/aromatic N) is 7. The summed E-state index contributed by atoms with van der Waals surface area (Å²) in [6.45, 7) is 7.81. The lowest BCUT2D eigenvalue weighted by atomic mass is 9.95. The van der Waals surface area contributed by atoms with Crippen molar-refractivity contribution < 1.29 is 24.0 Å². The first-order valence-corrected chi connectivity index (χ1v) is 21.7. The smallest absolute Gasteiger partial charge is 0.262 e. The molecule has 5 aliphatic heterocycles. The van der Waals surface area contributed by atoms with Crippen LogP contribution in [0.15, 0.2) is 97.5 Å². The maximum atomic E-state index is 13.4.